The van der Waals surface area contributed by atoms with Crippen LogP contribution < -0.4 is 10.1 Å². The molecule has 1 heterocycles. The molecule has 1 saturated heterocycles. The van der Waals surface area contributed by atoms with Gasteiger partial charge in [-0.1, -0.05) is 30.3 Å². The third kappa shape index (κ3) is 3.57. The van der Waals surface area contributed by atoms with Gasteiger partial charge in [-0.25, -0.2) is 4.39 Å². The topological polar surface area (TPSA) is 41.6 Å². The van der Waals surface area contributed by atoms with Crippen LogP contribution in [0.15, 0.2) is 48.5 Å². The zero-order chi connectivity index (χ0) is 16.9. The highest BCUT2D eigenvalue weighted by Crippen LogP contribution is 2.30. The number of methoxy groups -OCH3 is 1. The molecule has 126 valence electrons. The number of carbonyl (C=O) groups excluding carboxylic acids is 1. The van der Waals surface area contributed by atoms with E-state index in [2.05, 4.69) is 5.32 Å². The summed E-state index contributed by atoms with van der Waals surface area (Å²) in [4.78, 5) is 14.7. The van der Waals surface area contributed by atoms with Crippen LogP contribution in [0, 0.1) is 5.82 Å². The Morgan fingerprint density at radius 1 is 1.25 bits per heavy atom. The minimum Gasteiger partial charge on any atom is -0.496 e. The summed E-state index contributed by atoms with van der Waals surface area (Å²) >= 11 is 0. The summed E-state index contributed by atoms with van der Waals surface area (Å²) in [7, 11) is 1.64. The highest BCUT2D eigenvalue weighted by Gasteiger charge is 2.29. The van der Waals surface area contributed by atoms with Crippen molar-refractivity contribution in [3.63, 3.8) is 0 Å². The number of hydrogen-bond donors (Lipinski definition) is 1. The fourth-order valence-electron chi connectivity index (χ4n) is 3.10. The van der Waals surface area contributed by atoms with Gasteiger partial charge in [-0.15, -0.1) is 0 Å². The van der Waals surface area contributed by atoms with E-state index in [1.165, 1.54) is 12.1 Å². The van der Waals surface area contributed by atoms with Gasteiger partial charge in [-0.3, -0.25) is 4.79 Å². The maximum atomic E-state index is 13.0. The molecule has 0 aromatic heterocycles. The fraction of sp³-hybridized carbons (Fsp3) is 0.316. The van der Waals surface area contributed by atoms with Crippen LogP contribution in [0.1, 0.15) is 17.2 Å². The quantitative estimate of drug-likeness (QED) is 0.938. The fourth-order valence-corrected chi connectivity index (χ4v) is 3.10. The maximum absolute atomic E-state index is 13.0. The minimum absolute atomic E-state index is 0.0408. The minimum atomic E-state index is -0.291. The lowest BCUT2D eigenvalue weighted by molar-refractivity contribution is -0.133. The summed E-state index contributed by atoms with van der Waals surface area (Å²) in [5.74, 6) is 0.532. The molecular weight excluding hydrogens is 307 g/mol. The summed E-state index contributed by atoms with van der Waals surface area (Å²) in [5.41, 5.74) is 1.82. The molecule has 0 bridgehead atoms. The zero-order valence-electron chi connectivity index (χ0n) is 13.7. The van der Waals surface area contributed by atoms with Crippen LogP contribution in [0.2, 0.25) is 0 Å². The van der Waals surface area contributed by atoms with E-state index in [9.17, 15) is 9.18 Å². The van der Waals surface area contributed by atoms with Crippen LogP contribution in [-0.2, 0) is 11.2 Å². The molecule has 0 unspecified atom stereocenters. The number of carbonyl (C=O) groups is 1. The predicted molar refractivity (Wildman–Crippen MR) is 90.4 cm³/mol. The first-order valence-corrected chi connectivity index (χ1v) is 8.06. The number of nitrogens with one attached hydrogen (secondary N) is 1. The predicted octanol–water partition coefficient (Wildman–Crippen LogP) is 2.55. The highest BCUT2D eigenvalue weighted by molar-refractivity contribution is 5.79. The van der Waals surface area contributed by atoms with Gasteiger partial charge in [0.15, 0.2) is 0 Å². The molecule has 1 aliphatic rings. The van der Waals surface area contributed by atoms with E-state index in [0.717, 1.165) is 23.4 Å². The average molecular weight is 328 g/mol. The molecule has 1 N–H and O–H groups in total. The molecular formula is C19H21FN2O2. The number of amides is 1. The summed E-state index contributed by atoms with van der Waals surface area (Å²) in [6.07, 6.45) is 0.270. The van der Waals surface area contributed by atoms with Gasteiger partial charge in [-0.2, -0.15) is 0 Å². The zero-order valence-corrected chi connectivity index (χ0v) is 13.7. The number of benzene rings is 2. The van der Waals surface area contributed by atoms with Crippen LogP contribution in [0.3, 0.4) is 0 Å². The Kier molecular flexibility index (Phi) is 5.11. The normalized spacial score (nSPS) is 17.6. The van der Waals surface area contributed by atoms with Crippen LogP contribution >= 0.6 is 0 Å². The van der Waals surface area contributed by atoms with Crippen molar-refractivity contribution in [2.45, 2.75) is 12.5 Å². The van der Waals surface area contributed by atoms with Gasteiger partial charge in [0.2, 0.25) is 5.91 Å². The first-order chi connectivity index (χ1) is 11.7. The van der Waals surface area contributed by atoms with E-state index in [1.54, 1.807) is 19.2 Å². The van der Waals surface area contributed by atoms with Gasteiger partial charge in [0.25, 0.3) is 0 Å². The third-order valence-electron chi connectivity index (χ3n) is 4.33. The molecule has 0 saturated carbocycles. The van der Waals surface area contributed by atoms with Gasteiger partial charge >= 0.3 is 0 Å². The van der Waals surface area contributed by atoms with E-state index in [1.807, 2.05) is 29.2 Å². The van der Waals surface area contributed by atoms with Crippen LogP contribution in [0.4, 0.5) is 4.39 Å². The van der Waals surface area contributed by atoms with Gasteiger partial charge in [-0.05, 0) is 23.8 Å². The summed E-state index contributed by atoms with van der Waals surface area (Å²) in [6.45, 7) is 2.10. The number of para-hydroxylation sites is 1. The van der Waals surface area contributed by atoms with Crippen molar-refractivity contribution >= 4 is 5.91 Å². The Hall–Kier alpha value is -2.40. The molecule has 0 spiro atoms. The lowest BCUT2D eigenvalue weighted by Gasteiger charge is -2.37. The molecule has 1 atom stereocenters. The molecule has 2 aromatic carbocycles. The van der Waals surface area contributed by atoms with Crippen molar-refractivity contribution in [3.05, 3.63) is 65.5 Å². The van der Waals surface area contributed by atoms with Crippen LogP contribution in [-0.4, -0.2) is 37.6 Å². The molecule has 1 aliphatic heterocycles. The Morgan fingerprint density at radius 2 is 2.00 bits per heavy atom. The Morgan fingerprint density at radius 3 is 2.75 bits per heavy atom. The van der Waals surface area contributed by atoms with Crippen molar-refractivity contribution < 1.29 is 13.9 Å². The van der Waals surface area contributed by atoms with Gasteiger partial charge in [0.1, 0.15) is 11.6 Å². The van der Waals surface area contributed by atoms with E-state index < -0.39 is 0 Å². The maximum Gasteiger partial charge on any atom is 0.227 e. The molecule has 0 aliphatic carbocycles. The van der Waals surface area contributed by atoms with Crippen LogP contribution in [0.25, 0.3) is 0 Å². The van der Waals surface area contributed by atoms with Crippen LogP contribution in [0.5, 0.6) is 5.75 Å². The summed E-state index contributed by atoms with van der Waals surface area (Å²) in [6, 6.07) is 13.8. The molecule has 1 fully saturated rings. The molecule has 0 radical (unpaired) electrons. The lowest BCUT2D eigenvalue weighted by atomic mass is 10.0. The van der Waals surface area contributed by atoms with Crippen molar-refractivity contribution in [2.75, 3.05) is 26.7 Å². The van der Waals surface area contributed by atoms with Crippen molar-refractivity contribution in [1.82, 2.24) is 10.2 Å². The molecule has 3 rings (SSSR count). The van der Waals surface area contributed by atoms with E-state index in [4.69, 9.17) is 4.74 Å². The summed E-state index contributed by atoms with van der Waals surface area (Å²) in [5, 5.41) is 3.34. The second-order valence-electron chi connectivity index (χ2n) is 5.85. The first kappa shape index (κ1) is 16.5. The van der Waals surface area contributed by atoms with Crippen molar-refractivity contribution in [2.24, 2.45) is 0 Å². The van der Waals surface area contributed by atoms with Crippen molar-refractivity contribution in [3.8, 4) is 5.75 Å². The molecule has 2 aromatic rings. The average Bonchev–Trinajstić information content (AvgIpc) is 2.63. The third-order valence-corrected chi connectivity index (χ3v) is 4.33. The molecule has 5 heteroatoms. The number of ether oxygens (including phenoxy) is 1. The van der Waals surface area contributed by atoms with Crippen molar-refractivity contribution in [1.29, 1.82) is 0 Å². The van der Waals surface area contributed by atoms with Gasteiger partial charge < -0.3 is 15.0 Å². The number of nitrogens with zero attached hydrogens (tertiary/aromatic N) is 1. The molecule has 1 amide bonds. The Labute approximate surface area is 141 Å². The lowest BCUT2D eigenvalue weighted by Crippen LogP contribution is -2.49. The highest BCUT2D eigenvalue weighted by atomic mass is 19.1. The van der Waals surface area contributed by atoms with Gasteiger partial charge in [0, 0.05) is 25.2 Å². The number of rotatable bonds is 4. The Balaban J connectivity index is 1.81. The van der Waals surface area contributed by atoms with E-state index >= 15 is 0 Å². The van der Waals surface area contributed by atoms with E-state index in [-0.39, 0.29) is 24.2 Å². The SMILES string of the molecule is COc1ccccc1[C@H]1CNCCN1C(=O)Cc1ccc(F)cc1. The molecule has 4 nitrogen and oxygen atoms in total. The van der Waals surface area contributed by atoms with Gasteiger partial charge in [0.05, 0.1) is 19.6 Å². The molecule has 24 heavy (non-hydrogen) atoms. The standard InChI is InChI=1S/C19H21FN2O2/c1-24-18-5-3-2-4-16(18)17-13-21-10-11-22(17)19(23)12-14-6-8-15(20)9-7-14/h2-9,17,21H,10-13H2,1H3/t17-/m1/s1. The monoisotopic (exact) mass is 328 g/mol. The first-order valence-electron chi connectivity index (χ1n) is 8.06. The largest absolute Gasteiger partial charge is 0.496 e. The smallest absolute Gasteiger partial charge is 0.227 e. The van der Waals surface area contributed by atoms with E-state index in [0.29, 0.717) is 13.1 Å². The number of hydrogen-bond acceptors (Lipinski definition) is 3. The summed E-state index contributed by atoms with van der Waals surface area (Å²) < 4.78 is 18.5. The second kappa shape index (κ2) is 7.45. The Bertz CT molecular complexity index is 703. The number of piperazine rings is 1. The second-order valence-corrected chi connectivity index (χ2v) is 5.85. The number of halogens is 1.